The molecule has 92 valence electrons. The van der Waals surface area contributed by atoms with Crippen LogP contribution in [-0.2, 0) is 11.3 Å². The van der Waals surface area contributed by atoms with Gasteiger partial charge in [-0.1, -0.05) is 18.2 Å². The molecule has 0 radical (unpaired) electrons. The number of hydrogen-bond donors (Lipinski definition) is 1. The molecule has 0 fully saturated rings. The van der Waals surface area contributed by atoms with Crippen molar-refractivity contribution >= 4 is 11.8 Å². The van der Waals surface area contributed by atoms with Crippen molar-refractivity contribution in [3.8, 4) is 0 Å². The Balaban J connectivity index is 2.03. The van der Waals surface area contributed by atoms with Crippen LogP contribution in [0.15, 0.2) is 42.6 Å². The summed E-state index contributed by atoms with van der Waals surface area (Å²) < 4.78 is 18.3. The summed E-state index contributed by atoms with van der Waals surface area (Å²) in [5.41, 5.74) is 6.07. The highest BCUT2D eigenvalue weighted by molar-refractivity contribution is 5.89. The second kappa shape index (κ2) is 5.27. The molecule has 0 aliphatic heterocycles. The molecule has 0 spiro atoms. The van der Waals surface area contributed by atoms with E-state index in [1.54, 1.807) is 18.2 Å². The quantitative estimate of drug-likeness (QED) is 0.843. The molecule has 0 aliphatic rings. The third kappa shape index (κ3) is 2.82. The van der Waals surface area contributed by atoms with E-state index < -0.39 is 11.8 Å². The standard InChI is InChI=1S/C13H11FN2O2/c14-11-4-2-1-3-10(11)8-18-13(17)9-5-6-16-12(15)7-9/h1-7H,8H2,(H2,15,16). The van der Waals surface area contributed by atoms with Gasteiger partial charge in [0, 0.05) is 11.8 Å². The molecule has 0 saturated heterocycles. The maximum absolute atomic E-state index is 13.3. The largest absolute Gasteiger partial charge is 0.457 e. The molecule has 0 atom stereocenters. The molecule has 1 aromatic heterocycles. The molecule has 0 amide bonds. The van der Waals surface area contributed by atoms with Crippen molar-refractivity contribution in [1.82, 2.24) is 4.98 Å². The molecule has 0 aliphatic carbocycles. The van der Waals surface area contributed by atoms with E-state index in [1.165, 1.54) is 24.4 Å². The van der Waals surface area contributed by atoms with Crippen LogP contribution in [0.2, 0.25) is 0 Å². The second-order valence-electron chi connectivity index (χ2n) is 3.64. The van der Waals surface area contributed by atoms with Gasteiger partial charge in [0.15, 0.2) is 0 Å². The van der Waals surface area contributed by atoms with Gasteiger partial charge >= 0.3 is 5.97 Å². The summed E-state index contributed by atoms with van der Waals surface area (Å²) >= 11 is 0. The van der Waals surface area contributed by atoms with Crippen LogP contribution in [0.25, 0.3) is 0 Å². The lowest BCUT2D eigenvalue weighted by Gasteiger charge is -2.06. The fourth-order valence-corrected chi connectivity index (χ4v) is 1.42. The van der Waals surface area contributed by atoms with Crippen LogP contribution < -0.4 is 5.73 Å². The fourth-order valence-electron chi connectivity index (χ4n) is 1.42. The van der Waals surface area contributed by atoms with Crippen molar-refractivity contribution in [3.05, 3.63) is 59.5 Å². The van der Waals surface area contributed by atoms with Gasteiger partial charge in [-0.2, -0.15) is 0 Å². The third-order valence-corrected chi connectivity index (χ3v) is 2.33. The number of carbonyl (C=O) groups excluding carboxylic acids is 1. The van der Waals surface area contributed by atoms with Crippen molar-refractivity contribution in [3.63, 3.8) is 0 Å². The van der Waals surface area contributed by atoms with Crippen LogP contribution >= 0.6 is 0 Å². The van der Waals surface area contributed by atoms with Crippen LogP contribution in [0.5, 0.6) is 0 Å². The van der Waals surface area contributed by atoms with E-state index in [0.29, 0.717) is 11.1 Å². The minimum Gasteiger partial charge on any atom is -0.457 e. The molecule has 0 unspecified atom stereocenters. The van der Waals surface area contributed by atoms with Crippen molar-refractivity contribution in [2.75, 3.05) is 5.73 Å². The van der Waals surface area contributed by atoms with Gasteiger partial charge in [-0.25, -0.2) is 14.2 Å². The average Bonchev–Trinajstić information content (AvgIpc) is 2.37. The normalized spacial score (nSPS) is 10.1. The van der Waals surface area contributed by atoms with E-state index in [4.69, 9.17) is 10.5 Å². The van der Waals surface area contributed by atoms with E-state index in [0.717, 1.165) is 0 Å². The minimum atomic E-state index is -0.563. The minimum absolute atomic E-state index is 0.117. The first-order valence-electron chi connectivity index (χ1n) is 5.29. The zero-order valence-electron chi connectivity index (χ0n) is 9.47. The number of carbonyl (C=O) groups is 1. The molecule has 5 heteroatoms. The first kappa shape index (κ1) is 12.0. The molecule has 1 heterocycles. The number of ether oxygens (including phenoxy) is 1. The SMILES string of the molecule is Nc1cc(C(=O)OCc2ccccc2F)ccn1. The van der Waals surface area contributed by atoms with Crippen molar-refractivity contribution in [2.45, 2.75) is 6.61 Å². The van der Waals surface area contributed by atoms with Crippen molar-refractivity contribution < 1.29 is 13.9 Å². The van der Waals surface area contributed by atoms with Crippen molar-refractivity contribution in [1.29, 1.82) is 0 Å². The number of halogens is 1. The van der Waals surface area contributed by atoms with Gasteiger partial charge in [-0.15, -0.1) is 0 Å². The van der Waals surface area contributed by atoms with Gasteiger partial charge in [0.25, 0.3) is 0 Å². The number of nitrogens with two attached hydrogens (primary N) is 1. The fraction of sp³-hybridized carbons (Fsp3) is 0.0769. The molecule has 4 nitrogen and oxygen atoms in total. The van der Waals surface area contributed by atoms with Crippen molar-refractivity contribution in [2.24, 2.45) is 0 Å². The predicted octanol–water partition coefficient (Wildman–Crippen LogP) is 2.16. The summed E-state index contributed by atoms with van der Waals surface area (Å²) in [6, 6.07) is 9.02. The molecule has 2 N–H and O–H groups in total. The number of nitrogens with zero attached hydrogens (tertiary/aromatic N) is 1. The number of rotatable bonds is 3. The van der Waals surface area contributed by atoms with E-state index in [-0.39, 0.29) is 12.4 Å². The number of benzene rings is 1. The smallest absolute Gasteiger partial charge is 0.338 e. The first-order valence-corrected chi connectivity index (χ1v) is 5.29. The Labute approximate surface area is 103 Å². The summed E-state index contributed by atoms with van der Waals surface area (Å²) in [4.78, 5) is 15.4. The van der Waals surface area contributed by atoms with Gasteiger partial charge in [0.2, 0.25) is 0 Å². The Hall–Kier alpha value is -2.43. The Bertz CT molecular complexity index is 572. The van der Waals surface area contributed by atoms with Gasteiger partial charge in [0.05, 0.1) is 5.56 Å². The topological polar surface area (TPSA) is 65.2 Å². The second-order valence-corrected chi connectivity index (χ2v) is 3.64. The van der Waals surface area contributed by atoms with Crippen LogP contribution in [0.3, 0.4) is 0 Å². The van der Waals surface area contributed by atoms with E-state index in [2.05, 4.69) is 4.98 Å². The monoisotopic (exact) mass is 246 g/mol. The van der Waals surface area contributed by atoms with E-state index >= 15 is 0 Å². The van der Waals surface area contributed by atoms with Crippen LogP contribution in [0.4, 0.5) is 10.2 Å². The lowest BCUT2D eigenvalue weighted by atomic mass is 10.2. The Morgan fingerprint density at radius 2 is 2.11 bits per heavy atom. The van der Waals surface area contributed by atoms with Crippen LogP contribution in [0.1, 0.15) is 15.9 Å². The number of esters is 1. The predicted molar refractivity (Wildman–Crippen MR) is 64.2 cm³/mol. The highest BCUT2D eigenvalue weighted by Crippen LogP contribution is 2.10. The van der Waals surface area contributed by atoms with Crippen LogP contribution in [0, 0.1) is 5.82 Å². The van der Waals surface area contributed by atoms with Gasteiger partial charge in [0.1, 0.15) is 18.2 Å². The zero-order valence-corrected chi connectivity index (χ0v) is 9.47. The number of aromatic nitrogens is 1. The first-order chi connectivity index (χ1) is 8.66. The highest BCUT2D eigenvalue weighted by atomic mass is 19.1. The maximum atomic E-state index is 13.3. The Kier molecular flexibility index (Phi) is 3.52. The van der Waals surface area contributed by atoms with Gasteiger partial charge in [-0.3, -0.25) is 0 Å². The van der Waals surface area contributed by atoms with E-state index in [1.807, 2.05) is 0 Å². The summed E-state index contributed by atoms with van der Waals surface area (Å²) in [7, 11) is 0. The molecule has 18 heavy (non-hydrogen) atoms. The lowest BCUT2D eigenvalue weighted by Crippen LogP contribution is -2.07. The van der Waals surface area contributed by atoms with E-state index in [9.17, 15) is 9.18 Å². The highest BCUT2D eigenvalue weighted by Gasteiger charge is 2.09. The number of hydrogen-bond acceptors (Lipinski definition) is 4. The molecule has 0 saturated carbocycles. The Morgan fingerprint density at radius 1 is 1.33 bits per heavy atom. The van der Waals surface area contributed by atoms with Gasteiger partial charge < -0.3 is 10.5 Å². The number of pyridine rings is 1. The molecule has 2 aromatic rings. The molecule has 2 rings (SSSR count). The summed E-state index contributed by atoms with van der Waals surface area (Å²) in [6.07, 6.45) is 1.41. The molecular formula is C13H11FN2O2. The summed E-state index contributed by atoms with van der Waals surface area (Å²) in [6.45, 7) is -0.117. The summed E-state index contributed by atoms with van der Waals surface area (Å²) in [5, 5.41) is 0. The molecule has 0 bridgehead atoms. The summed E-state index contributed by atoms with van der Waals surface area (Å²) in [5.74, 6) is -0.734. The zero-order chi connectivity index (χ0) is 13.0. The number of nitrogen functional groups attached to an aromatic ring is 1. The lowest BCUT2D eigenvalue weighted by molar-refractivity contribution is 0.0469. The average molecular weight is 246 g/mol. The molecular weight excluding hydrogens is 235 g/mol. The number of anilines is 1. The Morgan fingerprint density at radius 3 is 2.83 bits per heavy atom. The maximum Gasteiger partial charge on any atom is 0.338 e. The van der Waals surface area contributed by atoms with Crippen LogP contribution in [-0.4, -0.2) is 11.0 Å². The molecule has 1 aromatic carbocycles. The third-order valence-electron chi connectivity index (χ3n) is 2.33. The van der Waals surface area contributed by atoms with Gasteiger partial charge in [-0.05, 0) is 18.2 Å².